The van der Waals surface area contributed by atoms with Gasteiger partial charge in [0.1, 0.15) is 17.7 Å². The van der Waals surface area contributed by atoms with Gasteiger partial charge >= 0.3 is 0 Å². The lowest BCUT2D eigenvalue weighted by molar-refractivity contribution is -0.139. The Kier molecular flexibility index (Phi) is 6.31. The highest BCUT2D eigenvalue weighted by Crippen LogP contribution is 2.24. The lowest BCUT2D eigenvalue weighted by Gasteiger charge is -2.33. The van der Waals surface area contributed by atoms with Crippen LogP contribution in [0.15, 0.2) is 46.9 Å². The van der Waals surface area contributed by atoms with Crippen molar-refractivity contribution in [1.29, 1.82) is 0 Å². The summed E-state index contributed by atoms with van der Waals surface area (Å²) in [6, 6.07) is 10.5. The number of rotatable bonds is 5. The van der Waals surface area contributed by atoms with E-state index >= 15 is 0 Å². The van der Waals surface area contributed by atoms with Gasteiger partial charge in [0.25, 0.3) is 5.91 Å². The average Bonchev–Trinajstić information content (AvgIpc) is 2.66. The number of likely N-dealkylation sites (tertiary alicyclic amines) is 1. The van der Waals surface area contributed by atoms with E-state index in [1.807, 2.05) is 12.1 Å². The summed E-state index contributed by atoms with van der Waals surface area (Å²) >= 11 is 3.36. The zero-order valence-corrected chi connectivity index (χ0v) is 16.4. The largest absolute Gasteiger partial charge is 0.487 e. The molecule has 0 spiro atoms. The Morgan fingerprint density at radius 2 is 1.81 bits per heavy atom. The SMILES string of the molecule is CC(Oc1ccc(Br)cc1)C(=O)N1CCC(Oc2ccc(F)cc2F)CC1. The van der Waals surface area contributed by atoms with Crippen LogP contribution < -0.4 is 9.47 Å². The number of ether oxygens (including phenoxy) is 2. The lowest BCUT2D eigenvalue weighted by Crippen LogP contribution is -2.46. The average molecular weight is 440 g/mol. The minimum absolute atomic E-state index is 0.0353. The van der Waals surface area contributed by atoms with Crippen LogP contribution in [0.25, 0.3) is 0 Å². The number of halogens is 3. The molecule has 0 aromatic heterocycles. The van der Waals surface area contributed by atoms with Crippen LogP contribution in [-0.2, 0) is 4.79 Å². The van der Waals surface area contributed by atoms with Gasteiger partial charge in [-0.25, -0.2) is 8.78 Å². The predicted octanol–water partition coefficient (Wildman–Crippen LogP) is 4.56. The number of carbonyl (C=O) groups excluding carboxylic acids is 1. The maximum atomic E-state index is 13.7. The van der Waals surface area contributed by atoms with E-state index in [0.29, 0.717) is 31.7 Å². The molecule has 7 heteroatoms. The van der Waals surface area contributed by atoms with Crippen molar-refractivity contribution in [3.05, 3.63) is 58.6 Å². The predicted molar refractivity (Wildman–Crippen MR) is 101 cm³/mol. The number of hydrogen-bond donors (Lipinski definition) is 0. The number of amides is 1. The van der Waals surface area contributed by atoms with E-state index in [-0.39, 0.29) is 17.8 Å². The van der Waals surface area contributed by atoms with E-state index in [2.05, 4.69) is 15.9 Å². The van der Waals surface area contributed by atoms with E-state index in [1.165, 1.54) is 6.07 Å². The van der Waals surface area contributed by atoms with Crippen molar-refractivity contribution in [1.82, 2.24) is 4.90 Å². The zero-order chi connectivity index (χ0) is 19.4. The van der Waals surface area contributed by atoms with Crippen LogP contribution in [0.5, 0.6) is 11.5 Å². The van der Waals surface area contributed by atoms with Gasteiger partial charge in [-0.15, -0.1) is 0 Å². The molecule has 3 rings (SSSR count). The van der Waals surface area contributed by atoms with Crippen molar-refractivity contribution >= 4 is 21.8 Å². The Balaban J connectivity index is 1.50. The molecule has 0 aliphatic carbocycles. The Morgan fingerprint density at radius 3 is 2.44 bits per heavy atom. The highest BCUT2D eigenvalue weighted by atomic mass is 79.9. The van der Waals surface area contributed by atoms with Crippen molar-refractivity contribution < 1.29 is 23.0 Å². The first-order chi connectivity index (χ1) is 12.9. The molecule has 4 nitrogen and oxygen atoms in total. The standard InChI is InChI=1S/C20H20BrF2NO3/c1-13(26-16-5-2-14(21)3-6-16)20(25)24-10-8-17(9-11-24)27-19-7-4-15(22)12-18(19)23/h2-7,12-13,17H,8-11H2,1H3. The molecule has 27 heavy (non-hydrogen) atoms. The van der Waals surface area contributed by atoms with E-state index in [9.17, 15) is 13.6 Å². The monoisotopic (exact) mass is 439 g/mol. The summed E-state index contributed by atoms with van der Waals surface area (Å²) in [6.07, 6.45) is 0.344. The molecule has 1 unspecified atom stereocenters. The van der Waals surface area contributed by atoms with Crippen molar-refractivity contribution in [2.75, 3.05) is 13.1 Å². The number of hydrogen-bond acceptors (Lipinski definition) is 3. The third kappa shape index (κ3) is 5.19. The second-order valence-electron chi connectivity index (χ2n) is 6.43. The fourth-order valence-corrected chi connectivity index (χ4v) is 3.23. The second kappa shape index (κ2) is 8.69. The lowest BCUT2D eigenvalue weighted by atomic mass is 10.1. The molecule has 2 aromatic rings. The topological polar surface area (TPSA) is 38.8 Å². The van der Waals surface area contributed by atoms with Crippen LogP contribution in [-0.4, -0.2) is 36.1 Å². The van der Waals surface area contributed by atoms with Gasteiger partial charge in [0, 0.05) is 36.5 Å². The first-order valence-electron chi connectivity index (χ1n) is 8.75. The molecule has 1 saturated heterocycles. The fraction of sp³-hybridized carbons (Fsp3) is 0.350. The second-order valence-corrected chi connectivity index (χ2v) is 7.35. The van der Waals surface area contributed by atoms with Gasteiger partial charge in [-0.05, 0) is 43.3 Å². The molecule has 144 valence electrons. The molecule has 1 atom stereocenters. The van der Waals surface area contributed by atoms with Gasteiger partial charge in [-0.3, -0.25) is 4.79 Å². The molecular weight excluding hydrogens is 420 g/mol. The molecule has 0 N–H and O–H groups in total. The highest BCUT2D eigenvalue weighted by molar-refractivity contribution is 9.10. The Hall–Kier alpha value is -2.15. The highest BCUT2D eigenvalue weighted by Gasteiger charge is 2.28. The van der Waals surface area contributed by atoms with Gasteiger partial charge < -0.3 is 14.4 Å². The molecule has 0 bridgehead atoms. The maximum absolute atomic E-state index is 13.7. The number of piperidine rings is 1. The third-order valence-electron chi connectivity index (χ3n) is 4.42. The third-order valence-corrected chi connectivity index (χ3v) is 4.94. The molecule has 1 amide bonds. The maximum Gasteiger partial charge on any atom is 0.263 e. The summed E-state index contributed by atoms with van der Waals surface area (Å²) in [7, 11) is 0. The van der Waals surface area contributed by atoms with Crippen molar-refractivity contribution in [2.45, 2.75) is 32.0 Å². The molecule has 1 heterocycles. The first-order valence-corrected chi connectivity index (χ1v) is 9.54. The molecule has 0 radical (unpaired) electrons. The van der Waals surface area contributed by atoms with E-state index in [1.54, 1.807) is 24.0 Å². The number of benzene rings is 2. The molecular formula is C20H20BrF2NO3. The number of carbonyl (C=O) groups is 1. The summed E-state index contributed by atoms with van der Waals surface area (Å²) in [5, 5.41) is 0. The van der Waals surface area contributed by atoms with Crippen LogP contribution in [0.2, 0.25) is 0 Å². The van der Waals surface area contributed by atoms with Crippen LogP contribution >= 0.6 is 15.9 Å². The van der Waals surface area contributed by atoms with Crippen LogP contribution in [0.1, 0.15) is 19.8 Å². The van der Waals surface area contributed by atoms with Gasteiger partial charge in [0.2, 0.25) is 0 Å². The zero-order valence-electron chi connectivity index (χ0n) is 14.8. The van der Waals surface area contributed by atoms with Gasteiger partial charge in [-0.1, -0.05) is 15.9 Å². The summed E-state index contributed by atoms with van der Waals surface area (Å²) in [5.41, 5.74) is 0. The van der Waals surface area contributed by atoms with E-state index in [0.717, 1.165) is 16.6 Å². The van der Waals surface area contributed by atoms with Crippen LogP contribution in [0.3, 0.4) is 0 Å². The Bertz CT molecular complexity index is 792. The Morgan fingerprint density at radius 1 is 1.15 bits per heavy atom. The first kappa shape index (κ1) is 19.6. The minimum atomic E-state index is -0.718. The molecule has 2 aromatic carbocycles. The van der Waals surface area contributed by atoms with E-state index in [4.69, 9.17) is 9.47 Å². The van der Waals surface area contributed by atoms with Crippen molar-refractivity contribution in [3.63, 3.8) is 0 Å². The van der Waals surface area contributed by atoms with Crippen molar-refractivity contribution in [2.24, 2.45) is 0 Å². The molecule has 0 saturated carbocycles. The molecule has 1 aliphatic heterocycles. The van der Waals surface area contributed by atoms with Gasteiger partial charge in [0.05, 0.1) is 0 Å². The Labute approximate surface area is 165 Å². The van der Waals surface area contributed by atoms with Gasteiger partial charge in [-0.2, -0.15) is 0 Å². The van der Waals surface area contributed by atoms with E-state index < -0.39 is 17.7 Å². The summed E-state index contributed by atoms with van der Waals surface area (Å²) < 4.78 is 38.9. The van der Waals surface area contributed by atoms with Crippen molar-refractivity contribution in [3.8, 4) is 11.5 Å². The summed E-state index contributed by atoms with van der Waals surface area (Å²) in [5.74, 6) is -0.786. The molecule has 1 fully saturated rings. The van der Waals surface area contributed by atoms with Gasteiger partial charge in [0.15, 0.2) is 17.7 Å². The quantitative estimate of drug-likeness (QED) is 0.684. The summed E-state index contributed by atoms with van der Waals surface area (Å²) in [6.45, 7) is 2.72. The molecule has 1 aliphatic rings. The normalized spacial score (nSPS) is 16.1. The smallest absolute Gasteiger partial charge is 0.263 e. The number of nitrogens with zero attached hydrogens (tertiary/aromatic N) is 1. The fourth-order valence-electron chi connectivity index (χ4n) is 2.97. The van der Waals surface area contributed by atoms with Crippen LogP contribution in [0, 0.1) is 11.6 Å². The minimum Gasteiger partial charge on any atom is -0.487 e. The van der Waals surface area contributed by atoms with Crippen LogP contribution in [0.4, 0.5) is 8.78 Å². The summed E-state index contributed by atoms with van der Waals surface area (Å²) in [4.78, 5) is 14.3.